The largest absolute Gasteiger partial charge is 0.479 e. The lowest BCUT2D eigenvalue weighted by Crippen LogP contribution is -2.48. The number of nitrogens with zero attached hydrogens (tertiary/aromatic N) is 1. The molecule has 2 N–H and O–H groups in total. The second kappa shape index (κ2) is 6.63. The van der Waals surface area contributed by atoms with Gasteiger partial charge in [-0.2, -0.15) is 0 Å². The molecule has 1 aliphatic rings. The van der Waals surface area contributed by atoms with Crippen molar-refractivity contribution in [3.8, 4) is 17.4 Å². The number of benzene rings is 1. The Hall–Kier alpha value is -2.43. The van der Waals surface area contributed by atoms with Crippen molar-refractivity contribution >= 4 is 5.91 Å². The van der Waals surface area contributed by atoms with E-state index in [1.54, 1.807) is 0 Å². The van der Waals surface area contributed by atoms with Gasteiger partial charge in [0, 0.05) is 11.1 Å². The molecule has 0 bridgehead atoms. The maximum Gasteiger partial charge on any atom is 0.228 e. The molecule has 1 heterocycles. The number of nitrogens with two attached hydrogens (primary N) is 1. The molecule has 2 aromatic rings. The van der Waals surface area contributed by atoms with Gasteiger partial charge in [-0.1, -0.05) is 39.0 Å². The zero-order chi connectivity index (χ0) is 20.0. The second-order valence-electron chi connectivity index (χ2n) is 7.87. The van der Waals surface area contributed by atoms with E-state index in [0.717, 1.165) is 22.7 Å². The third kappa shape index (κ3) is 2.47. The van der Waals surface area contributed by atoms with E-state index in [9.17, 15) is 4.79 Å². The lowest BCUT2D eigenvalue weighted by Gasteiger charge is -2.39. The second-order valence-corrected chi connectivity index (χ2v) is 7.87. The molecule has 1 amide bonds. The minimum Gasteiger partial charge on any atom is -0.479 e. The van der Waals surface area contributed by atoms with Gasteiger partial charge in [-0.05, 0) is 44.2 Å². The van der Waals surface area contributed by atoms with Crippen LogP contribution >= 0.6 is 0 Å². The van der Waals surface area contributed by atoms with Gasteiger partial charge >= 0.3 is 0 Å². The van der Waals surface area contributed by atoms with Gasteiger partial charge < -0.3 is 15.2 Å². The number of hydrogen-bond acceptors (Lipinski definition) is 3. The SMILES string of the molecule is CCOc1c2c(c(OCC)n1-c1ccccc1)C(C)(C(N)=O)C(C)(C)C2C. The van der Waals surface area contributed by atoms with Gasteiger partial charge in [-0.3, -0.25) is 9.36 Å². The molecular weight excluding hydrogens is 340 g/mol. The molecule has 2 atom stereocenters. The maximum atomic E-state index is 12.7. The lowest BCUT2D eigenvalue weighted by atomic mass is 9.63. The summed E-state index contributed by atoms with van der Waals surface area (Å²) < 4.78 is 14.2. The summed E-state index contributed by atoms with van der Waals surface area (Å²) in [7, 11) is 0. The van der Waals surface area contributed by atoms with E-state index in [4.69, 9.17) is 15.2 Å². The van der Waals surface area contributed by atoms with Crippen LogP contribution in [0.4, 0.5) is 0 Å². The first-order valence-electron chi connectivity index (χ1n) is 9.63. The van der Waals surface area contributed by atoms with Crippen molar-refractivity contribution in [1.29, 1.82) is 0 Å². The molecule has 3 rings (SSSR count). The number of primary amides is 1. The number of carbonyl (C=O) groups is 1. The highest BCUT2D eigenvalue weighted by Crippen LogP contribution is 2.64. The Morgan fingerprint density at radius 3 is 2.15 bits per heavy atom. The van der Waals surface area contributed by atoms with E-state index >= 15 is 0 Å². The number of fused-ring (bicyclic) bond motifs is 1. The van der Waals surface area contributed by atoms with Gasteiger partial charge in [0.15, 0.2) is 0 Å². The summed E-state index contributed by atoms with van der Waals surface area (Å²) in [5.74, 6) is 1.14. The van der Waals surface area contributed by atoms with E-state index in [-0.39, 0.29) is 17.2 Å². The molecule has 27 heavy (non-hydrogen) atoms. The number of rotatable bonds is 6. The van der Waals surface area contributed by atoms with E-state index in [1.807, 2.05) is 55.7 Å². The fraction of sp³-hybridized carbons (Fsp3) is 0.500. The molecule has 0 spiro atoms. The van der Waals surface area contributed by atoms with Crippen LogP contribution in [0.3, 0.4) is 0 Å². The van der Waals surface area contributed by atoms with Gasteiger partial charge in [0.1, 0.15) is 0 Å². The first-order chi connectivity index (χ1) is 12.7. The van der Waals surface area contributed by atoms with Crippen LogP contribution in [-0.2, 0) is 10.2 Å². The standard InChI is InChI=1S/C22H30N2O3/c1-7-26-18-16-14(3)21(4,5)22(6,20(23)25)17(16)19(27-8-2)24(18)15-12-10-9-11-13-15/h9-14H,7-8H2,1-6H3,(H2,23,25). The smallest absolute Gasteiger partial charge is 0.228 e. The number of amides is 1. The zero-order valence-electron chi connectivity index (χ0n) is 17.1. The molecule has 1 aromatic carbocycles. The van der Waals surface area contributed by atoms with Gasteiger partial charge in [0.05, 0.1) is 24.3 Å². The monoisotopic (exact) mass is 370 g/mol. The van der Waals surface area contributed by atoms with Crippen molar-refractivity contribution in [3.63, 3.8) is 0 Å². The van der Waals surface area contributed by atoms with Crippen LogP contribution in [0.25, 0.3) is 5.69 Å². The minimum atomic E-state index is -0.863. The minimum absolute atomic E-state index is 0.0794. The summed E-state index contributed by atoms with van der Waals surface area (Å²) in [6.45, 7) is 13.2. The number of para-hydroxylation sites is 1. The first-order valence-corrected chi connectivity index (χ1v) is 9.63. The van der Waals surface area contributed by atoms with Crippen molar-refractivity contribution in [3.05, 3.63) is 41.5 Å². The summed E-state index contributed by atoms with van der Waals surface area (Å²) in [5, 5.41) is 0. The number of aromatic nitrogens is 1. The van der Waals surface area contributed by atoms with Crippen molar-refractivity contribution in [2.24, 2.45) is 11.1 Å². The third-order valence-corrected chi connectivity index (χ3v) is 6.49. The summed E-state index contributed by atoms with van der Waals surface area (Å²) in [4.78, 5) is 12.7. The van der Waals surface area contributed by atoms with Gasteiger partial charge in [0.25, 0.3) is 0 Å². The molecule has 1 aromatic heterocycles. The van der Waals surface area contributed by atoms with E-state index < -0.39 is 5.41 Å². The Labute approximate surface area is 161 Å². The molecular formula is C22H30N2O3. The van der Waals surface area contributed by atoms with Crippen LogP contribution in [0, 0.1) is 5.41 Å². The number of carbonyl (C=O) groups excluding carboxylic acids is 1. The predicted octanol–water partition coefficient (Wildman–Crippen LogP) is 4.16. The molecule has 5 heteroatoms. The number of hydrogen-bond donors (Lipinski definition) is 1. The van der Waals surface area contributed by atoms with Gasteiger partial charge in [0.2, 0.25) is 17.7 Å². The van der Waals surface area contributed by atoms with Gasteiger partial charge in [-0.15, -0.1) is 0 Å². The molecule has 0 saturated carbocycles. The van der Waals surface area contributed by atoms with E-state index in [1.165, 1.54) is 0 Å². The molecule has 5 nitrogen and oxygen atoms in total. The van der Waals surface area contributed by atoms with Crippen LogP contribution < -0.4 is 15.2 Å². The summed E-state index contributed by atoms with van der Waals surface area (Å²) in [6.07, 6.45) is 0. The molecule has 0 radical (unpaired) electrons. The quantitative estimate of drug-likeness (QED) is 0.830. The lowest BCUT2D eigenvalue weighted by molar-refractivity contribution is -0.127. The maximum absolute atomic E-state index is 12.7. The Balaban J connectivity index is 2.44. The Morgan fingerprint density at radius 1 is 1.07 bits per heavy atom. The van der Waals surface area contributed by atoms with Crippen LogP contribution in [0.5, 0.6) is 11.8 Å². The van der Waals surface area contributed by atoms with Crippen molar-refractivity contribution < 1.29 is 14.3 Å². The highest BCUT2D eigenvalue weighted by molar-refractivity contribution is 5.91. The Bertz CT molecular complexity index is 854. The van der Waals surface area contributed by atoms with Crippen molar-refractivity contribution in [2.45, 2.75) is 52.9 Å². The predicted molar refractivity (Wildman–Crippen MR) is 107 cm³/mol. The molecule has 0 fully saturated rings. The Kier molecular flexibility index (Phi) is 4.74. The van der Waals surface area contributed by atoms with Crippen LogP contribution in [-0.4, -0.2) is 23.7 Å². The van der Waals surface area contributed by atoms with E-state index in [2.05, 4.69) is 20.8 Å². The molecule has 1 aliphatic carbocycles. The van der Waals surface area contributed by atoms with E-state index in [0.29, 0.717) is 19.1 Å². The topological polar surface area (TPSA) is 66.5 Å². The molecule has 0 saturated heterocycles. The molecule has 2 unspecified atom stereocenters. The summed E-state index contributed by atoms with van der Waals surface area (Å²) in [5.41, 5.74) is 7.58. The fourth-order valence-electron chi connectivity index (χ4n) is 4.35. The highest BCUT2D eigenvalue weighted by Gasteiger charge is 2.61. The average Bonchev–Trinajstić information content (AvgIpc) is 3.02. The Morgan fingerprint density at radius 2 is 1.63 bits per heavy atom. The third-order valence-electron chi connectivity index (χ3n) is 6.49. The molecule has 146 valence electrons. The average molecular weight is 370 g/mol. The van der Waals surface area contributed by atoms with Crippen molar-refractivity contribution in [2.75, 3.05) is 13.2 Å². The van der Waals surface area contributed by atoms with Crippen LogP contribution in [0.2, 0.25) is 0 Å². The fourth-order valence-corrected chi connectivity index (χ4v) is 4.35. The zero-order valence-corrected chi connectivity index (χ0v) is 17.1. The van der Waals surface area contributed by atoms with Crippen LogP contribution in [0.1, 0.15) is 58.6 Å². The molecule has 0 aliphatic heterocycles. The number of ether oxygens (including phenoxy) is 2. The first kappa shape index (κ1) is 19.3. The normalized spacial score (nSPS) is 23.1. The summed E-state index contributed by atoms with van der Waals surface area (Å²) >= 11 is 0. The van der Waals surface area contributed by atoms with Crippen molar-refractivity contribution in [1.82, 2.24) is 4.57 Å². The van der Waals surface area contributed by atoms with Crippen LogP contribution in [0.15, 0.2) is 30.3 Å². The van der Waals surface area contributed by atoms with Gasteiger partial charge in [-0.25, -0.2) is 0 Å². The summed E-state index contributed by atoms with van der Waals surface area (Å²) in [6, 6.07) is 9.95. The highest BCUT2D eigenvalue weighted by atomic mass is 16.5.